The van der Waals surface area contributed by atoms with E-state index in [1.807, 2.05) is 35.6 Å². The number of rotatable bonds is 5. The summed E-state index contributed by atoms with van der Waals surface area (Å²) >= 11 is 1.81. The summed E-state index contributed by atoms with van der Waals surface area (Å²) in [5, 5.41) is 1.17. The summed E-state index contributed by atoms with van der Waals surface area (Å²) in [7, 11) is 2.20. The first-order chi connectivity index (χ1) is 14.2. The minimum absolute atomic E-state index is 0.0951. The molecule has 2 aromatic carbocycles. The molecule has 2 aliphatic heterocycles. The number of benzene rings is 2. The molecular formula is C23H27N3O2S. The quantitative estimate of drug-likeness (QED) is 0.629. The molecule has 29 heavy (non-hydrogen) atoms. The first-order valence-electron chi connectivity index (χ1n) is 10.4. The third kappa shape index (κ3) is 4.19. The Labute approximate surface area is 175 Å². The number of likely N-dealkylation sites (N-methyl/N-ethyl adjacent to an activating group) is 1. The molecule has 0 radical (unpaired) electrons. The number of anilines is 1. The van der Waals surface area contributed by atoms with E-state index in [9.17, 15) is 0 Å². The van der Waals surface area contributed by atoms with Gasteiger partial charge >= 0.3 is 0 Å². The summed E-state index contributed by atoms with van der Waals surface area (Å²) in [5.74, 6) is 2.44. The maximum atomic E-state index is 6.11. The molecule has 5 nitrogen and oxygen atoms in total. The molecule has 152 valence electrons. The lowest BCUT2D eigenvalue weighted by atomic mass is 9.96. The van der Waals surface area contributed by atoms with Gasteiger partial charge in [-0.15, -0.1) is 0 Å². The summed E-state index contributed by atoms with van der Waals surface area (Å²) < 4.78 is 13.2. The lowest BCUT2D eigenvalue weighted by Crippen LogP contribution is -2.43. The lowest BCUT2D eigenvalue weighted by molar-refractivity contribution is 0.0606. The number of ether oxygens (including phenoxy) is 2. The van der Waals surface area contributed by atoms with Gasteiger partial charge in [0.05, 0.1) is 10.2 Å². The lowest BCUT2D eigenvalue weighted by Gasteiger charge is -2.35. The van der Waals surface area contributed by atoms with Crippen LogP contribution in [0.5, 0.6) is 11.5 Å². The minimum atomic E-state index is 0.0951. The van der Waals surface area contributed by atoms with Crippen LogP contribution in [0.1, 0.15) is 12.8 Å². The van der Waals surface area contributed by atoms with E-state index in [-0.39, 0.29) is 6.10 Å². The van der Waals surface area contributed by atoms with Crippen molar-refractivity contribution in [3.8, 4) is 11.5 Å². The molecule has 3 aromatic rings. The second-order valence-electron chi connectivity index (χ2n) is 8.11. The molecule has 0 saturated carbocycles. The Balaban J connectivity index is 1.11. The van der Waals surface area contributed by atoms with Gasteiger partial charge in [-0.25, -0.2) is 4.98 Å². The summed E-state index contributed by atoms with van der Waals surface area (Å²) in [6, 6.07) is 16.3. The van der Waals surface area contributed by atoms with Crippen LogP contribution in [0, 0.1) is 5.92 Å². The van der Waals surface area contributed by atoms with Crippen LogP contribution < -0.4 is 14.4 Å². The van der Waals surface area contributed by atoms with Crippen LogP contribution >= 0.6 is 11.3 Å². The highest BCUT2D eigenvalue weighted by atomic mass is 32.1. The van der Waals surface area contributed by atoms with E-state index < -0.39 is 0 Å². The monoisotopic (exact) mass is 409 g/mol. The van der Waals surface area contributed by atoms with Crippen molar-refractivity contribution in [2.75, 3.05) is 44.7 Å². The maximum Gasteiger partial charge on any atom is 0.186 e. The molecule has 1 unspecified atom stereocenters. The fraction of sp³-hybridized carbons (Fsp3) is 0.435. The molecule has 5 rings (SSSR count). The van der Waals surface area contributed by atoms with E-state index in [2.05, 4.69) is 41.1 Å². The second-order valence-corrected chi connectivity index (χ2v) is 9.12. The molecule has 0 amide bonds. The van der Waals surface area contributed by atoms with Gasteiger partial charge in [0.25, 0.3) is 0 Å². The Morgan fingerprint density at radius 2 is 1.79 bits per heavy atom. The molecule has 1 atom stereocenters. The minimum Gasteiger partial charge on any atom is -0.486 e. The van der Waals surface area contributed by atoms with Crippen molar-refractivity contribution in [1.82, 2.24) is 9.88 Å². The fourth-order valence-electron chi connectivity index (χ4n) is 4.32. The molecule has 1 aromatic heterocycles. The number of nitrogens with zero attached hydrogens (tertiary/aromatic N) is 3. The standard InChI is InChI=1S/C23H27N3O2S/c1-25(15-18-16-27-20-7-3-4-8-21(20)28-18)14-17-10-12-26(13-11-17)23-24-19-6-2-5-9-22(19)29-23/h2-9,17-18H,10-16H2,1H3. The third-order valence-corrected chi connectivity index (χ3v) is 6.92. The molecule has 3 heterocycles. The Hall–Kier alpha value is -2.31. The van der Waals surface area contributed by atoms with Crippen molar-refractivity contribution < 1.29 is 9.47 Å². The second kappa shape index (κ2) is 8.20. The van der Waals surface area contributed by atoms with Crippen molar-refractivity contribution >= 4 is 26.7 Å². The van der Waals surface area contributed by atoms with Gasteiger partial charge < -0.3 is 19.3 Å². The predicted octanol–water partition coefficient (Wildman–Crippen LogP) is 4.28. The van der Waals surface area contributed by atoms with Gasteiger partial charge in [-0.3, -0.25) is 0 Å². The van der Waals surface area contributed by atoms with Gasteiger partial charge in [-0.2, -0.15) is 0 Å². The Kier molecular flexibility index (Phi) is 5.29. The van der Waals surface area contributed by atoms with Crippen molar-refractivity contribution in [3.63, 3.8) is 0 Å². The molecule has 0 N–H and O–H groups in total. The van der Waals surface area contributed by atoms with Gasteiger partial charge in [0.1, 0.15) is 12.7 Å². The molecule has 0 spiro atoms. The zero-order valence-corrected chi connectivity index (χ0v) is 17.6. The number of para-hydroxylation sites is 3. The molecule has 2 aliphatic rings. The van der Waals surface area contributed by atoms with E-state index in [4.69, 9.17) is 14.5 Å². The number of hydrogen-bond acceptors (Lipinski definition) is 6. The van der Waals surface area contributed by atoms with Gasteiger partial charge in [0, 0.05) is 26.2 Å². The van der Waals surface area contributed by atoms with E-state index >= 15 is 0 Å². The number of hydrogen-bond donors (Lipinski definition) is 0. The molecule has 6 heteroatoms. The number of thiazole rings is 1. The highest BCUT2D eigenvalue weighted by Gasteiger charge is 2.25. The average Bonchev–Trinajstić information content (AvgIpc) is 3.18. The maximum absolute atomic E-state index is 6.11. The Morgan fingerprint density at radius 1 is 1.03 bits per heavy atom. The van der Waals surface area contributed by atoms with Crippen LogP contribution in [-0.2, 0) is 0 Å². The fourth-order valence-corrected chi connectivity index (χ4v) is 5.34. The molecule has 0 aliphatic carbocycles. The average molecular weight is 410 g/mol. The van der Waals surface area contributed by atoms with Crippen LogP contribution in [0.15, 0.2) is 48.5 Å². The molecular weight excluding hydrogens is 382 g/mol. The summed E-state index contributed by atoms with van der Waals surface area (Å²) in [6.45, 7) is 4.81. The smallest absolute Gasteiger partial charge is 0.186 e. The summed E-state index contributed by atoms with van der Waals surface area (Å²) in [5.41, 5.74) is 1.12. The first kappa shape index (κ1) is 18.7. The van der Waals surface area contributed by atoms with Crippen molar-refractivity contribution in [1.29, 1.82) is 0 Å². The zero-order valence-electron chi connectivity index (χ0n) is 16.8. The van der Waals surface area contributed by atoms with Gasteiger partial charge in [-0.1, -0.05) is 35.6 Å². The van der Waals surface area contributed by atoms with Gasteiger partial charge in [0.2, 0.25) is 0 Å². The Bertz CT molecular complexity index is 934. The van der Waals surface area contributed by atoms with Crippen LogP contribution in [0.25, 0.3) is 10.2 Å². The largest absolute Gasteiger partial charge is 0.486 e. The van der Waals surface area contributed by atoms with Crippen molar-refractivity contribution in [3.05, 3.63) is 48.5 Å². The summed E-state index contributed by atoms with van der Waals surface area (Å²) in [6.07, 6.45) is 2.52. The highest BCUT2D eigenvalue weighted by Crippen LogP contribution is 2.32. The topological polar surface area (TPSA) is 37.8 Å². The van der Waals surface area contributed by atoms with E-state index in [0.717, 1.165) is 49.1 Å². The predicted molar refractivity (Wildman–Crippen MR) is 118 cm³/mol. The molecule has 0 bridgehead atoms. The Morgan fingerprint density at radius 3 is 2.62 bits per heavy atom. The van der Waals surface area contributed by atoms with E-state index in [1.165, 1.54) is 22.7 Å². The van der Waals surface area contributed by atoms with Crippen molar-refractivity contribution in [2.45, 2.75) is 18.9 Å². The third-order valence-electron chi connectivity index (χ3n) is 5.82. The first-order valence-corrected chi connectivity index (χ1v) is 11.2. The molecule has 1 saturated heterocycles. The normalized spacial score (nSPS) is 19.8. The highest BCUT2D eigenvalue weighted by molar-refractivity contribution is 7.22. The number of aromatic nitrogens is 1. The van der Waals surface area contributed by atoms with E-state index in [0.29, 0.717) is 6.61 Å². The van der Waals surface area contributed by atoms with E-state index in [1.54, 1.807) is 0 Å². The summed E-state index contributed by atoms with van der Waals surface area (Å²) in [4.78, 5) is 9.68. The van der Waals surface area contributed by atoms with Crippen LogP contribution in [0.3, 0.4) is 0 Å². The van der Waals surface area contributed by atoms with Crippen molar-refractivity contribution in [2.24, 2.45) is 5.92 Å². The van der Waals surface area contributed by atoms with Gasteiger partial charge in [-0.05, 0) is 50.1 Å². The number of fused-ring (bicyclic) bond motifs is 2. The van der Waals surface area contributed by atoms with Crippen LogP contribution in [0.4, 0.5) is 5.13 Å². The number of piperidine rings is 1. The molecule has 1 fully saturated rings. The zero-order chi connectivity index (χ0) is 19.6. The SMILES string of the molecule is CN(CC1CCN(c2nc3ccccc3s2)CC1)CC1COc2ccccc2O1. The van der Waals surface area contributed by atoms with Crippen LogP contribution in [-0.4, -0.2) is 55.8 Å². The van der Waals surface area contributed by atoms with Gasteiger partial charge in [0.15, 0.2) is 16.6 Å². The van der Waals surface area contributed by atoms with Crippen LogP contribution in [0.2, 0.25) is 0 Å².